The van der Waals surface area contributed by atoms with Gasteiger partial charge in [-0.3, -0.25) is 4.79 Å². The smallest absolute Gasteiger partial charge is 0.241 e. The van der Waals surface area contributed by atoms with Crippen LogP contribution in [0.3, 0.4) is 0 Å². The van der Waals surface area contributed by atoms with Crippen LogP contribution in [0.15, 0.2) is 11.0 Å². The third-order valence-corrected chi connectivity index (χ3v) is 5.77. The Kier molecular flexibility index (Phi) is 6.14. The van der Waals surface area contributed by atoms with E-state index in [1.54, 1.807) is 18.7 Å². The van der Waals surface area contributed by atoms with E-state index in [-0.39, 0.29) is 17.3 Å². The van der Waals surface area contributed by atoms with Gasteiger partial charge in [-0.1, -0.05) is 6.07 Å². The molecule has 0 fully saturated rings. The fourth-order valence-electron chi connectivity index (χ4n) is 2.50. The van der Waals surface area contributed by atoms with Crippen molar-refractivity contribution in [2.75, 3.05) is 19.6 Å². The minimum Gasteiger partial charge on any atom is -0.342 e. The molecule has 0 bridgehead atoms. The van der Waals surface area contributed by atoms with Crippen LogP contribution < -0.4 is 4.72 Å². The van der Waals surface area contributed by atoms with E-state index in [2.05, 4.69) is 4.72 Å². The predicted octanol–water partition coefficient (Wildman–Crippen LogP) is 2.07. The largest absolute Gasteiger partial charge is 0.342 e. The lowest BCUT2D eigenvalue weighted by Gasteiger charge is -2.20. The van der Waals surface area contributed by atoms with Gasteiger partial charge in [0.2, 0.25) is 15.9 Å². The van der Waals surface area contributed by atoms with Gasteiger partial charge in [0.05, 0.1) is 11.4 Å². The molecule has 0 aliphatic rings. The summed E-state index contributed by atoms with van der Waals surface area (Å²) in [5.41, 5.74) is 3.31. The highest BCUT2D eigenvalue weighted by Crippen LogP contribution is 2.25. The van der Waals surface area contributed by atoms with E-state index in [0.717, 1.165) is 22.3 Å². The fourth-order valence-corrected chi connectivity index (χ4v) is 4.09. The zero-order chi connectivity index (χ0) is 17.1. The number of hydrogen-bond acceptors (Lipinski definition) is 3. The van der Waals surface area contributed by atoms with Crippen molar-refractivity contribution >= 4 is 15.9 Å². The zero-order valence-electron chi connectivity index (χ0n) is 14.3. The number of rotatable bonds is 6. The lowest BCUT2D eigenvalue weighted by atomic mass is 10.0. The van der Waals surface area contributed by atoms with E-state index in [9.17, 15) is 13.2 Å². The van der Waals surface area contributed by atoms with Crippen LogP contribution in [0.25, 0.3) is 0 Å². The van der Waals surface area contributed by atoms with Crippen LogP contribution in [0, 0.1) is 27.7 Å². The Bertz CT molecular complexity index is 636. The molecule has 0 saturated heterocycles. The van der Waals surface area contributed by atoms with Gasteiger partial charge in [-0.2, -0.15) is 0 Å². The molecule has 124 valence electrons. The summed E-state index contributed by atoms with van der Waals surface area (Å²) in [4.78, 5) is 13.9. The first-order valence-electron chi connectivity index (χ1n) is 7.50. The summed E-state index contributed by atoms with van der Waals surface area (Å²) in [5, 5.41) is 0. The molecule has 0 saturated carbocycles. The molecule has 0 heterocycles. The summed E-state index contributed by atoms with van der Waals surface area (Å²) in [6, 6.07) is 1.98. The van der Waals surface area contributed by atoms with Gasteiger partial charge in [0, 0.05) is 13.1 Å². The number of carbonyl (C=O) groups excluding carboxylic acids is 1. The van der Waals surface area contributed by atoms with Gasteiger partial charge < -0.3 is 4.90 Å². The summed E-state index contributed by atoms with van der Waals surface area (Å²) in [7, 11) is -3.71. The lowest BCUT2D eigenvalue weighted by molar-refractivity contribution is -0.129. The molecule has 1 rings (SSSR count). The van der Waals surface area contributed by atoms with Gasteiger partial charge in [0.15, 0.2) is 0 Å². The van der Waals surface area contributed by atoms with Crippen LogP contribution in [-0.4, -0.2) is 38.9 Å². The Morgan fingerprint density at radius 2 is 1.50 bits per heavy atom. The number of carbonyl (C=O) groups is 1. The number of nitrogens with one attached hydrogen (secondary N) is 1. The second-order valence-corrected chi connectivity index (χ2v) is 7.18. The first kappa shape index (κ1) is 18.6. The summed E-state index contributed by atoms with van der Waals surface area (Å²) >= 11 is 0. The van der Waals surface area contributed by atoms with Gasteiger partial charge in [0.25, 0.3) is 0 Å². The average Bonchev–Trinajstić information content (AvgIpc) is 2.44. The van der Waals surface area contributed by atoms with Crippen molar-refractivity contribution in [2.24, 2.45) is 0 Å². The molecular weight excluding hydrogens is 300 g/mol. The number of hydrogen-bond donors (Lipinski definition) is 1. The first-order chi connectivity index (χ1) is 10.2. The highest BCUT2D eigenvalue weighted by Gasteiger charge is 2.23. The topological polar surface area (TPSA) is 66.5 Å². The van der Waals surface area contributed by atoms with Crippen LogP contribution >= 0.6 is 0 Å². The van der Waals surface area contributed by atoms with Crippen LogP contribution in [0.2, 0.25) is 0 Å². The Morgan fingerprint density at radius 3 is 1.91 bits per heavy atom. The summed E-state index contributed by atoms with van der Waals surface area (Å²) in [6.45, 7) is 12.0. The Hall–Kier alpha value is -1.40. The van der Waals surface area contributed by atoms with Gasteiger partial charge in [-0.25, -0.2) is 13.1 Å². The maximum absolute atomic E-state index is 12.6. The normalized spacial score (nSPS) is 11.5. The minimum absolute atomic E-state index is 0.212. The molecule has 6 heteroatoms. The van der Waals surface area contributed by atoms with Crippen molar-refractivity contribution in [1.29, 1.82) is 0 Å². The van der Waals surface area contributed by atoms with Gasteiger partial charge in [-0.15, -0.1) is 0 Å². The van der Waals surface area contributed by atoms with Crippen molar-refractivity contribution in [1.82, 2.24) is 9.62 Å². The van der Waals surface area contributed by atoms with Crippen LogP contribution in [0.1, 0.15) is 36.1 Å². The third-order valence-electron chi connectivity index (χ3n) is 4.10. The number of likely N-dealkylation sites (N-methyl/N-ethyl adjacent to an activating group) is 1. The van der Waals surface area contributed by atoms with E-state index in [1.165, 1.54) is 0 Å². The SMILES string of the molecule is CCN(CC)C(=O)CNS(=O)(=O)c1c(C)c(C)cc(C)c1C. The number of benzene rings is 1. The molecule has 0 radical (unpaired) electrons. The number of nitrogens with zero attached hydrogens (tertiary/aromatic N) is 1. The second kappa shape index (κ2) is 7.24. The first-order valence-corrected chi connectivity index (χ1v) is 8.98. The predicted molar refractivity (Wildman–Crippen MR) is 88.5 cm³/mol. The van der Waals surface area contributed by atoms with Crippen LogP contribution in [-0.2, 0) is 14.8 Å². The average molecular weight is 326 g/mol. The summed E-state index contributed by atoms with van der Waals surface area (Å²) in [6.07, 6.45) is 0. The van der Waals surface area contributed by atoms with Crippen LogP contribution in [0.4, 0.5) is 0 Å². The van der Waals surface area contributed by atoms with Crippen molar-refractivity contribution in [3.8, 4) is 0 Å². The highest BCUT2D eigenvalue weighted by molar-refractivity contribution is 7.89. The fraction of sp³-hybridized carbons (Fsp3) is 0.562. The maximum Gasteiger partial charge on any atom is 0.241 e. The molecule has 0 aliphatic heterocycles. The van der Waals surface area contributed by atoms with E-state index in [0.29, 0.717) is 13.1 Å². The molecule has 1 N–H and O–H groups in total. The summed E-state index contributed by atoms with van der Waals surface area (Å²) in [5.74, 6) is -0.215. The van der Waals surface area contributed by atoms with E-state index in [4.69, 9.17) is 0 Å². The van der Waals surface area contributed by atoms with Gasteiger partial charge >= 0.3 is 0 Å². The Morgan fingerprint density at radius 1 is 1.05 bits per heavy atom. The zero-order valence-corrected chi connectivity index (χ0v) is 15.1. The van der Waals surface area contributed by atoms with Gasteiger partial charge in [0.1, 0.15) is 0 Å². The van der Waals surface area contributed by atoms with E-state index >= 15 is 0 Å². The monoisotopic (exact) mass is 326 g/mol. The molecule has 1 aromatic carbocycles. The van der Waals surface area contributed by atoms with Crippen molar-refractivity contribution in [3.63, 3.8) is 0 Å². The minimum atomic E-state index is -3.71. The van der Waals surface area contributed by atoms with Crippen molar-refractivity contribution < 1.29 is 13.2 Å². The molecular formula is C16H26N2O3S. The number of sulfonamides is 1. The lowest BCUT2D eigenvalue weighted by Crippen LogP contribution is -2.40. The highest BCUT2D eigenvalue weighted by atomic mass is 32.2. The molecule has 22 heavy (non-hydrogen) atoms. The van der Waals surface area contributed by atoms with E-state index < -0.39 is 10.0 Å². The molecule has 1 aromatic rings. The molecule has 5 nitrogen and oxygen atoms in total. The van der Waals surface area contributed by atoms with Crippen molar-refractivity contribution in [2.45, 2.75) is 46.4 Å². The number of aryl methyl sites for hydroxylation is 2. The quantitative estimate of drug-likeness (QED) is 0.870. The Labute approximate surface area is 133 Å². The van der Waals surface area contributed by atoms with E-state index in [1.807, 2.05) is 33.8 Å². The number of amides is 1. The second-order valence-electron chi connectivity index (χ2n) is 5.48. The van der Waals surface area contributed by atoms with Crippen LogP contribution in [0.5, 0.6) is 0 Å². The molecule has 0 aliphatic carbocycles. The van der Waals surface area contributed by atoms with Gasteiger partial charge in [-0.05, 0) is 63.8 Å². The maximum atomic E-state index is 12.6. The molecule has 0 unspecified atom stereocenters. The molecule has 0 atom stereocenters. The van der Waals surface area contributed by atoms with Crippen molar-refractivity contribution in [3.05, 3.63) is 28.3 Å². The summed E-state index contributed by atoms with van der Waals surface area (Å²) < 4.78 is 27.6. The standard InChI is InChI=1S/C16H26N2O3S/c1-7-18(8-2)15(19)10-17-22(20,21)16-13(5)11(3)9-12(4)14(16)6/h9,17H,7-8,10H2,1-6H3. The molecule has 0 spiro atoms. The molecule has 1 amide bonds. The third kappa shape index (κ3) is 3.87. The Balaban J connectivity index is 3.09. The molecule has 0 aromatic heterocycles.